The highest BCUT2D eigenvalue weighted by Gasteiger charge is 2.34. The van der Waals surface area contributed by atoms with Crippen LogP contribution in [0.4, 0.5) is 4.79 Å². The van der Waals surface area contributed by atoms with Gasteiger partial charge in [0.2, 0.25) is 0 Å². The molecule has 0 spiro atoms. The zero-order chi connectivity index (χ0) is 16.2. The number of hydroxylamine groups is 2. The van der Waals surface area contributed by atoms with E-state index in [4.69, 9.17) is 0 Å². The first kappa shape index (κ1) is 15.3. The molecule has 1 aromatic carbocycles. The topological polar surface area (TPSA) is 70.0 Å². The number of imide groups is 1. The first-order chi connectivity index (χ1) is 11.1. The number of amides is 3. The van der Waals surface area contributed by atoms with E-state index in [-0.39, 0.29) is 23.9 Å². The van der Waals surface area contributed by atoms with Crippen molar-refractivity contribution in [1.82, 2.24) is 9.96 Å². The average molecular weight is 314 g/mol. The molecular weight excluding hydrogens is 296 g/mol. The Morgan fingerprint density at radius 3 is 2.04 bits per heavy atom. The normalized spacial score (nSPS) is 19.7. The van der Waals surface area contributed by atoms with Crippen LogP contribution >= 0.6 is 0 Å². The lowest BCUT2D eigenvalue weighted by Crippen LogP contribution is -2.38. The molecule has 1 saturated carbocycles. The van der Waals surface area contributed by atoms with Gasteiger partial charge in [0.05, 0.1) is 6.54 Å². The molecule has 0 bridgehead atoms. The fourth-order valence-corrected chi connectivity index (χ4v) is 2.85. The van der Waals surface area contributed by atoms with E-state index >= 15 is 0 Å². The highest BCUT2D eigenvalue weighted by molar-refractivity contribution is 6.13. The van der Waals surface area contributed by atoms with Crippen molar-refractivity contribution in [2.45, 2.75) is 38.3 Å². The van der Waals surface area contributed by atoms with Crippen LogP contribution < -0.4 is 0 Å². The summed E-state index contributed by atoms with van der Waals surface area (Å²) < 4.78 is 0. The third-order valence-electron chi connectivity index (χ3n) is 4.06. The third kappa shape index (κ3) is 3.77. The molecule has 0 atom stereocenters. The minimum Gasteiger partial charge on any atom is -0.313 e. The molecule has 0 aromatic heterocycles. The van der Waals surface area contributed by atoms with Crippen molar-refractivity contribution in [1.29, 1.82) is 0 Å². The fraction of sp³-hybridized carbons (Fsp3) is 0.353. The molecule has 3 amide bonds. The molecule has 6 nitrogen and oxygen atoms in total. The molecule has 0 N–H and O–H groups in total. The van der Waals surface area contributed by atoms with Crippen molar-refractivity contribution >= 4 is 17.9 Å². The summed E-state index contributed by atoms with van der Waals surface area (Å²) in [5.41, 5.74) is 1.08. The summed E-state index contributed by atoms with van der Waals surface area (Å²) in [6.45, 7) is 0.555. The van der Waals surface area contributed by atoms with E-state index in [0.29, 0.717) is 6.54 Å². The Kier molecular flexibility index (Phi) is 4.41. The third-order valence-corrected chi connectivity index (χ3v) is 4.06. The van der Waals surface area contributed by atoms with Crippen LogP contribution in [-0.2, 0) is 21.0 Å². The number of carbonyl (C=O) groups is 3. The number of hydrogen-bond donors (Lipinski definition) is 0. The van der Waals surface area contributed by atoms with Gasteiger partial charge in [0.25, 0.3) is 11.8 Å². The SMILES string of the molecule is O=C1C=CC(=O)N1C1CCCC1.O=C1ON1Cc1ccccc1. The zero-order valence-corrected chi connectivity index (χ0v) is 12.7. The molecular formula is C17H18N2O4. The lowest BCUT2D eigenvalue weighted by Gasteiger charge is -2.20. The minimum atomic E-state index is -0.242. The van der Waals surface area contributed by atoms with Gasteiger partial charge in [-0.2, -0.15) is 0 Å². The van der Waals surface area contributed by atoms with Crippen LogP contribution in [0.5, 0.6) is 0 Å². The first-order valence-electron chi connectivity index (χ1n) is 7.74. The Labute approximate surface area is 134 Å². The number of rotatable bonds is 3. The Balaban J connectivity index is 0.000000136. The first-order valence-corrected chi connectivity index (χ1v) is 7.74. The van der Waals surface area contributed by atoms with Crippen LogP contribution in [0.1, 0.15) is 31.2 Å². The smallest absolute Gasteiger partial charge is 0.313 e. The molecule has 4 rings (SSSR count). The molecule has 1 saturated heterocycles. The van der Waals surface area contributed by atoms with Gasteiger partial charge in [-0.05, 0) is 18.4 Å². The summed E-state index contributed by atoms with van der Waals surface area (Å²) in [5, 5.41) is 1.31. The number of carbonyl (C=O) groups excluding carboxylic acids is 3. The number of nitrogens with zero attached hydrogens (tertiary/aromatic N) is 2. The Hall–Kier alpha value is -2.63. The van der Waals surface area contributed by atoms with Gasteiger partial charge in [0.1, 0.15) is 0 Å². The maximum Gasteiger partial charge on any atom is 0.468 e. The van der Waals surface area contributed by atoms with Crippen LogP contribution in [0, 0.1) is 0 Å². The predicted octanol–water partition coefficient (Wildman–Crippen LogP) is 2.41. The predicted molar refractivity (Wildman–Crippen MR) is 81.7 cm³/mol. The van der Waals surface area contributed by atoms with Gasteiger partial charge in [0, 0.05) is 18.2 Å². The molecule has 0 radical (unpaired) electrons. The van der Waals surface area contributed by atoms with Crippen LogP contribution in [-0.4, -0.2) is 33.9 Å². The largest absolute Gasteiger partial charge is 0.468 e. The second-order valence-corrected chi connectivity index (χ2v) is 5.70. The summed E-state index contributed by atoms with van der Waals surface area (Å²) >= 11 is 0. The summed E-state index contributed by atoms with van der Waals surface area (Å²) in [7, 11) is 0. The number of hydrogen-bond acceptors (Lipinski definition) is 4. The molecule has 6 heteroatoms. The van der Waals surface area contributed by atoms with Gasteiger partial charge in [-0.1, -0.05) is 43.2 Å². The van der Waals surface area contributed by atoms with Crippen molar-refractivity contribution in [3.63, 3.8) is 0 Å². The van der Waals surface area contributed by atoms with E-state index in [0.717, 1.165) is 31.2 Å². The highest BCUT2D eigenvalue weighted by atomic mass is 16.9. The Bertz CT molecular complexity index is 617. The van der Waals surface area contributed by atoms with Gasteiger partial charge in [-0.3, -0.25) is 14.5 Å². The summed E-state index contributed by atoms with van der Waals surface area (Å²) in [5.74, 6) is -0.265. The Morgan fingerprint density at radius 2 is 1.52 bits per heavy atom. The van der Waals surface area contributed by atoms with Gasteiger partial charge in [-0.15, -0.1) is 5.06 Å². The maximum absolute atomic E-state index is 11.2. The van der Waals surface area contributed by atoms with E-state index < -0.39 is 0 Å². The van der Waals surface area contributed by atoms with Gasteiger partial charge in [0.15, 0.2) is 0 Å². The van der Waals surface area contributed by atoms with Crippen molar-refractivity contribution < 1.29 is 19.2 Å². The van der Waals surface area contributed by atoms with Crippen molar-refractivity contribution in [3.05, 3.63) is 48.0 Å². The molecule has 2 heterocycles. The molecule has 1 aliphatic carbocycles. The van der Waals surface area contributed by atoms with Crippen LogP contribution in [0.2, 0.25) is 0 Å². The van der Waals surface area contributed by atoms with Crippen molar-refractivity contribution in [3.8, 4) is 0 Å². The van der Waals surface area contributed by atoms with Crippen LogP contribution in [0.15, 0.2) is 42.5 Å². The van der Waals surface area contributed by atoms with E-state index in [1.165, 1.54) is 22.1 Å². The zero-order valence-electron chi connectivity index (χ0n) is 12.7. The van der Waals surface area contributed by atoms with Gasteiger partial charge < -0.3 is 4.84 Å². The molecule has 3 aliphatic rings. The molecule has 2 fully saturated rings. The summed E-state index contributed by atoms with van der Waals surface area (Å²) in [6, 6.07) is 9.89. The van der Waals surface area contributed by atoms with E-state index in [1.54, 1.807) is 0 Å². The van der Waals surface area contributed by atoms with Crippen molar-refractivity contribution in [2.24, 2.45) is 0 Å². The van der Waals surface area contributed by atoms with E-state index in [1.807, 2.05) is 30.3 Å². The lowest BCUT2D eigenvalue weighted by atomic mass is 10.2. The quantitative estimate of drug-likeness (QED) is 0.634. The van der Waals surface area contributed by atoms with Gasteiger partial charge in [-0.25, -0.2) is 4.79 Å². The van der Waals surface area contributed by atoms with Crippen LogP contribution in [0.3, 0.4) is 0 Å². The fourth-order valence-electron chi connectivity index (χ4n) is 2.85. The lowest BCUT2D eigenvalue weighted by molar-refractivity contribution is -0.139. The monoisotopic (exact) mass is 314 g/mol. The van der Waals surface area contributed by atoms with Crippen molar-refractivity contribution in [2.75, 3.05) is 0 Å². The maximum atomic E-state index is 11.2. The number of benzene rings is 1. The molecule has 120 valence electrons. The highest BCUT2D eigenvalue weighted by Crippen LogP contribution is 2.25. The van der Waals surface area contributed by atoms with E-state index in [9.17, 15) is 14.4 Å². The molecule has 0 unspecified atom stereocenters. The second-order valence-electron chi connectivity index (χ2n) is 5.70. The van der Waals surface area contributed by atoms with Gasteiger partial charge >= 0.3 is 6.09 Å². The van der Waals surface area contributed by atoms with Crippen LogP contribution in [0.25, 0.3) is 0 Å². The standard InChI is InChI=1S/C9H11NO2.C8H7NO2/c11-8-5-6-9(12)10(8)7-3-1-2-4-7;10-8-9(11-8)6-7-4-2-1-3-5-7/h5-7H,1-4H2;1-5H,6H2. The molecule has 2 aliphatic heterocycles. The second kappa shape index (κ2) is 6.64. The average Bonchev–Trinajstić information content (AvgIpc) is 2.94. The summed E-state index contributed by atoms with van der Waals surface area (Å²) in [4.78, 5) is 38.7. The summed E-state index contributed by atoms with van der Waals surface area (Å²) in [6.07, 6.45) is 6.73. The Morgan fingerprint density at radius 1 is 0.957 bits per heavy atom. The molecule has 23 heavy (non-hydrogen) atoms. The van der Waals surface area contributed by atoms with E-state index in [2.05, 4.69) is 4.84 Å². The molecule has 1 aromatic rings. The minimum absolute atomic E-state index is 0.132.